The van der Waals surface area contributed by atoms with Crippen molar-refractivity contribution in [2.75, 3.05) is 0 Å². The van der Waals surface area contributed by atoms with Gasteiger partial charge in [-0.1, -0.05) is 140 Å². The summed E-state index contributed by atoms with van der Waals surface area (Å²) < 4.78 is 5.84. The molecule has 0 aliphatic carbocycles. The molecule has 0 aliphatic rings. The molecule has 0 spiro atoms. The fraction of sp³-hybridized carbons (Fsp3) is 0. The van der Waals surface area contributed by atoms with Gasteiger partial charge in [0.25, 0.3) is 0 Å². The monoisotopic (exact) mass is 795 g/mol. The minimum absolute atomic E-state index is 0.650. The molecule has 0 aliphatic heterocycles. The van der Waals surface area contributed by atoms with Gasteiger partial charge in [0.05, 0.1) is 33.3 Å². The number of para-hydroxylation sites is 1. The van der Waals surface area contributed by atoms with Crippen molar-refractivity contribution < 1.29 is 0 Å². The number of pyridine rings is 1. The quantitative estimate of drug-likeness (QED) is 0.174. The Bertz CT molecular complexity index is 3860. The summed E-state index contributed by atoms with van der Waals surface area (Å²) in [5.41, 5.74) is 12.0. The second-order valence-electron chi connectivity index (χ2n) is 15.6. The summed E-state index contributed by atoms with van der Waals surface area (Å²) in [5, 5.41) is 9.35. The molecular formula is C55H33N5S. The van der Waals surface area contributed by atoms with Crippen molar-refractivity contribution in [2.45, 2.75) is 0 Å². The van der Waals surface area contributed by atoms with Crippen LogP contribution in [0.3, 0.4) is 0 Å². The van der Waals surface area contributed by atoms with Gasteiger partial charge in [0, 0.05) is 65.5 Å². The molecule has 0 unspecified atom stereocenters. The van der Waals surface area contributed by atoms with E-state index in [4.69, 9.17) is 9.97 Å². The Morgan fingerprint density at radius 2 is 1.15 bits per heavy atom. The van der Waals surface area contributed by atoms with E-state index in [0.29, 0.717) is 5.95 Å². The molecule has 0 bridgehead atoms. The zero-order valence-corrected chi connectivity index (χ0v) is 33.5. The van der Waals surface area contributed by atoms with Crippen molar-refractivity contribution in [1.29, 1.82) is 0 Å². The molecule has 284 valence electrons. The Labute approximate surface area is 354 Å². The summed E-state index contributed by atoms with van der Waals surface area (Å²) in [6.07, 6.45) is 3.72. The van der Waals surface area contributed by atoms with Crippen LogP contribution in [0.5, 0.6) is 0 Å². The summed E-state index contributed by atoms with van der Waals surface area (Å²) in [6.45, 7) is 0. The van der Waals surface area contributed by atoms with E-state index in [0.717, 1.165) is 66.1 Å². The van der Waals surface area contributed by atoms with Gasteiger partial charge < -0.3 is 4.57 Å². The molecule has 0 saturated carbocycles. The zero-order chi connectivity index (χ0) is 40.0. The third-order valence-corrected chi connectivity index (χ3v) is 13.4. The third-order valence-electron chi connectivity index (χ3n) is 12.2. The summed E-state index contributed by atoms with van der Waals surface area (Å²) in [7, 11) is 0. The van der Waals surface area contributed by atoms with Crippen molar-refractivity contribution >= 4 is 86.7 Å². The number of rotatable bonds is 5. The minimum atomic E-state index is 0.650. The van der Waals surface area contributed by atoms with E-state index in [2.05, 4.69) is 202 Å². The maximum absolute atomic E-state index is 5.59. The van der Waals surface area contributed by atoms with E-state index in [9.17, 15) is 0 Å². The van der Waals surface area contributed by atoms with Crippen LogP contribution >= 0.6 is 11.3 Å². The van der Waals surface area contributed by atoms with Gasteiger partial charge in [0.2, 0.25) is 5.95 Å². The van der Waals surface area contributed by atoms with Crippen LogP contribution in [-0.2, 0) is 0 Å². The lowest BCUT2D eigenvalue weighted by molar-refractivity contribution is 1.02. The largest absolute Gasteiger partial charge is 0.309 e. The van der Waals surface area contributed by atoms with Crippen molar-refractivity contribution in [1.82, 2.24) is 24.1 Å². The maximum Gasteiger partial charge on any atom is 0.235 e. The molecule has 6 heteroatoms. The molecule has 0 radical (unpaired) electrons. The van der Waals surface area contributed by atoms with Crippen LogP contribution in [0.1, 0.15) is 0 Å². The fourth-order valence-corrected chi connectivity index (χ4v) is 10.7. The normalized spacial score (nSPS) is 11.9. The van der Waals surface area contributed by atoms with Crippen LogP contribution in [0, 0.1) is 0 Å². The van der Waals surface area contributed by atoms with E-state index in [1.165, 1.54) is 47.8 Å². The minimum Gasteiger partial charge on any atom is -0.309 e. The second kappa shape index (κ2) is 13.3. The van der Waals surface area contributed by atoms with Crippen molar-refractivity contribution in [2.24, 2.45) is 0 Å². The number of hydrogen-bond donors (Lipinski definition) is 0. The van der Waals surface area contributed by atoms with Gasteiger partial charge in [-0.05, 0) is 76.0 Å². The Balaban J connectivity index is 1.09. The van der Waals surface area contributed by atoms with Gasteiger partial charge in [0.1, 0.15) is 0 Å². The van der Waals surface area contributed by atoms with E-state index < -0.39 is 0 Å². The lowest BCUT2D eigenvalue weighted by atomic mass is 9.97. The Morgan fingerprint density at radius 1 is 0.426 bits per heavy atom. The number of thiophene rings is 1. The van der Waals surface area contributed by atoms with Gasteiger partial charge in [-0.2, -0.15) is 0 Å². The van der Waals surface area contributed by atoms with Crippen LogP contribution in [0.25, 0.3) is 120 Å². The van der Waals surface area contributed by atoms with Crippen molar-refractivity contribution in [3.8, 4) is 44.5 Å². The van der Waals surface area contributed by atoms with E-state index in [1.54, 1.807) is 0 Å². The van der Waals surface area contributed by atoms with Crippen molar-refractivity contribution in [3.05, 3.63) is 200 Å². The summed E-state index contributed by atoms with van der Waals surface area (Å²) in [5.74, 6) is 0.650. The summed E-state index contributed by atoms with van der Waals surface area (Å²) >= 11 is 1.81. The molecular weight excluding hydrogens is 763 g/mol. The molecule has 13 aromatic rings. The first-order valence-corrected chi connectivity index (χ1v) is 21.3. The van der Waals surface area contributed by atoms with Crippen LogP contribution < -0.4 is 0 Å². The molecule has 13 rings (SSSR count). The van der Waals surface area contributed by atoms with Crippen molar-refractivity contribution in [3.63, 3.8) is 0 Å². The van der Waals surface area contributed by atoms with Gasteiger partial charge in [0.15, 0.2) is 0 Å². The number of hydrogen-bond acceptors (Lipinski definition) is 4. The number of benzene rings is 8. The number of nitrogens with zero attached hydrogens (tertiary/aromatic N) is 5. The van der Waals surface area contributed by atoms with E-state index >= 15 is 0 Å². The highest BCUT2D eigenvalue weighted by molar-refractivity contribution is 7.23. The number of aromatic nitrogens is 5. The predicted molar refractivity (Wildman–Crippen MR) is 255 cm³/mol. The summed E-state index contributed by atoms with van der Waals surface area (Å²) in [4.78, 5) is 16.6. The standard InChI is InChI=1S/C55H33N5S/c1-3-13-35(14-4-1)49-33-38-23-26-45-51(54(38)61-49)52(36-15-5-2-6-16-36)58-55(57-45)60-47-27-24-37(32-44(47)42-25-22-34-12-7-8-17-41(34)53(42)60)40-19-11-21-48-50(40)43-18-9-10-20-46(43)59(48)39-28-30-56-31-29-39/h1-33H. The van der Waals surface area contributed by atoms with Crippen LogP contribution in [0.4, 0.5) is 0 Å². The van der Waals surface area contributed by atoms with E-state index in [1.807, 2.05) is 23.7 Å². The van der Waals surface area contributed by atoms with Gasteiger partial charge in [-0.3, -0.25) is 9.55 Å². The average Bonchev–Trinajstić information content (AvgIpc) is 4.03. The summed E-state index contributed by atoms with van der Waals surface area (Å²) in [6, 6.07) is 67.5. The van der Waals surface area contributed by atoms with Crippen LogP contribution in [0.15, 0.2) is 200 Å². The second-order valence-corrected chi connectivity index (χ2v) is 16.7. The first kappa shape index (κ1) is 34.0. The highest BCUT2D eigenvalue weighted by atomic mass is 32.1. The SMILES string of the molecule is c1ccc(-c2cc3ccc4nc(-n5c6ccc(-c7cccc8c7c7ccccc7n8-c7ccncc7)cc6c6ccc7ccccc7c65)nc(-c5ccccc5)c4c3s2)cc1. The molecule has 5 heterocycles. The fourth-order valence-electron chi connectivity index (χ4n) is 9.54. The van der Waals surface area contributed by atoms with Gasteiger partial charge >= 0.3 is 0 Å². The molecule has 0 amide bonds. The molecule has 0 fully saturated rings. The third kappa shape index (κ3) is 5.16. The Kier molecular flexibility index (Phi) is 7.41. The molecule has 0 atom stereocenters. The molecule has 5 aromatic heterocycles. The molecule has 8 aromatic carbocycles. The first-order valence-electron chi connectivity index (χ1n) is 20.5. The Morgan fingerprint density at radius 3 is 2.00 bits per heavy atom. The number of fused-ring (bicyclic) bond motifs is 11. The lowest BCUT2D eigenvalue weighted by Crippen LogP contribution is -2.04. The maximum atomic E-state index is 5.59. The molecule has 0 N–H and O–H groups in total. The van der Waals surface area contributed by atoms with Crippen LogP contribution in [0.2, 0.25) is 0 Å². The first-order chi connectivity index (χ1) is 30.3. The van der Waals surface area contributed by atoms with E-state index in [-0.39, 0.29) is 0 Å². The molecule has 0 saturated heterocycles. The smallest absolute Gasteiger partial charge is 0.235 e. The van der Waals surface area contributed by atoms with Gasteiger partial charge in [-0.25, -0.2) is 9.97 Å². The topological polar surface area (TPSA) is 48.5 Å². The van der Waals surface area contributed by atoms with Crippen LogP contribution in [-0.4, -0.2) is 24.1 Å². The predicted octanol–water partition coefficient (Wildman–Crippen LogP) is 14.6. The highest BCUT2D eigenvalue weighted by Gasteiger charge is 2.23. The van der Waals surface area contributed by atoms with Gasteiger partial charge in [-0.15, -0.1) is 11.3 Å². The molecule has 5 nitrogen and oxygen atoms in total. The Hall–Kier alpha value is -7.93. The highest BCUT2D eigenvalue weighted by Crippen LogP contribution is 2.44. The zero-order valence-electron chi connectivity index (χ0n) is 32.7. The average molecular weight is 796 g/mol. The molecule has 61 heavy (non-hydrogen) atoms. The lowest BCUT2D eigenvalue weighted by Gasteiger charge is -2.13.